The number of fused-ring (bicyclic) bond motifs is 3. The van der Waals surface area contributed by atoms with Gasteiger partial charge in [-0.25, -0.2) is 12.2 Å². The van der Waals surface area contributed by atoms with Crippen LogP contribution in [0.1, 0.15) is 81.3 Å². The summed E-state index contributed by atoms with van der Waals surface area (Å²) in [6, 6.07) is 48.4. The minimum absolute atomic E-state index is 0. The zero-order valence-corrected chi connectivity index (χ0v) is 39.9. The van der Waals surface area contributed by atoms with Crippen LogP contribution < -0.4 is 0 Å². The first-order valence-electron chi connectivity index (χ1n) is 19.6. The molecule has 8 rings (SSSR count). The first kappa shape index (κ1) is 47.0. The molecular formula is C54H55Cl3Zr. The zero-order valence-electron chi connectivity index (χ0n) is 35.0. The number of hydrogen-bond acceptors (Lipinski definition) is 0. The molecule has 7 aromatic carbocycles. The van der Waals surface area contributed by atoms with Crippen LogP contribution in [0.25, 0.3) is 43.8 Å². The van der Waals surface area contributed by atoms with Gasteiger partial charge in [-0.3, -0.25) is 6.08 Å². The number of hydrogen-bond donors (Lipinski definition) is 0. The summed E-state index contributed by atoms with van der Waals surface area (Å²) in [6.07, 6.45) is 11.0. The fourth-order valence-corrected chi connectivity index (χ4v) is 8.47. The van der Waals surface area contributed by atoms with Gasteiger partial charge in [0.25, 0.3) is 0 Å². The largest absolute Gasteiger partial charge is 0.273 e. The average Bonchev–Trinajstić information content (AvgIpc) is 3.87. The molecule has 0 bridgehead atoms. The van der Waals surface area contributed by atoms with Crippen molar-refractivity contribution >= 4 is 61.2 Å². The van der Waals surface area contributed by atoms with Gasteiger partial charge in [-0.2, -0.15) is 6.08 Å². The van der Waals surface area contributed by atoms with Crippen LogP contribution in [-0.2, 0) is 41.5 Å². The Kier molecular flexibility index (Phi) is 16.6. The number of allylic oxidation sites excluding steroid dienone is 4. The molecule has 4 heteroatoms. The van der Waals surface area contributed by atoms with Crippen LogP contribution in [0.3, 0.4) is 0 Å². The van der Waals surface area contributed by atoms with Gasteiger partial charge >= 0.3 is 116 Å². The monoisotopic (exact) mass is 898 g/mol. The minimum Gasteiger partial charge on any atom is -0.273 e. The van der Waals surface area contributed by atoms with Crippen molar-refractivity contribution < 1.29 is 24.2 Å². The van der Waals surface area contributed by atoms with E-state index in [-0.39, 0.29) is 35.6 Å². The van der Waals surface area contributed by atoms with E-state index in [0.29, 0.717) is 0 Å². The molecule has 0 saturated carbocycles. The average molecular weight is 902 g/mol. The summed E-state index contributed by atoms with van der Waals surface area (Å²) < 4.78 is 1.47. The summed E-state index contributed by atoms with van der Waals surface area (Å²) in [6.45, 7) is 18.4. The van der Waals surface area contributed by atoms with E-state index < -0.39 is 0 Å². The first-order valence-corrected chi connectivity index (χ1v) is 21.2. The van der Waals surface area contributed by atoms with Crippen molar-refractivity contribution in [1.29, 1.82) is 0 Å². The maximum absolute atomic E-state index is 5.86. The van der Waals surface area contributed by atoms with Crippen molar-refractivity contribution in [2.24, 2.45) is 0 Å². The van der Waals surface area contributed by atoms with E-state index in [4.69, 9.17) is 11.6 Å². The number of benzene rings is 6. The summed E-state index contributed by atoms with van der Waals surface area (Å²) >= 11 is 7.34. The molecular weight excluding hydrogens is 846 g/mol. The van der Waals surface area contributed by atoms with Crippen molar-refractivity contribution in [3.8, 4) is 22.3 Å². The van der Waals surface area contributed by atoms with Crippen molar-refractivity contribution in [2.45, 2.75) is 79.1 Å². The van der Waals surface area contributed by atoms with E-state index in [0.717, 1.165) is 17.9 Å². The van der Waals surface area contributed by atoms with E-state index in [2.05, 4.69) is 189 Å². The topological polar surface area (TPSA) is 0 Å². The van der Waals surface area contributed by atoms with Gasteiger partial charge in [-0.05, 0) is 69.2 Å². The minimum atomic E-state index is 0. The van der Waals surface area contributed by atoms with Gasteiger partial charge in [-0.15, -0.1) is 71.0 Å². The smallest absolute Gasteiger partial charge is 0.109 e. The predicted octanol–water partition coefficient (Wildman–Crippen LogP) is 16.1. The van der Waals surface area contributed by atoms with E-state index >= 15 is 0 Å². The van der Waals surface area contributed by atoms with E-state index in [1.165, 1.54) is 105 Å². The Balaban J connectivity index is 0.000000268. The molecule has 0 amide bonds. The third-order valence-corrected chi connectivity index (χ3v) is 11.9. The first-order chi connectivity index (χ1) is 26.7. The van der Waals surface area contributed by atoms with Crippen LogP contribution in [0, 0.1) is 19.9 Å². The Hall–Kier alpha value is -3.71. The Bertz CT molecular complexity index is 2390. The molecule has 0 atom stereocenters. The Morgan fingerprint density at radius 1 is 0.621 bits per heavy atom. The molecule has 0 aromatic heterocycles. The van der Waals surface area contributed by atoms with Crippen LogP contribution in [-0.4, -0.2) is 3.21 Å². The molecule has 0 spiro atoms. The summed E-state index contributed by atoms with van der Waals surface area (Å²) in [7, 11) is 0. The molecule has 0 N–H and O–H groups in total. The van der Waals surface area contributed by atoms with Gasteiger partial charge in [0.1, 0.15) is 0 Å². The standard InChI is InChI=1S/C35H37.C14H11Cl.C5H5.2ClH.Zr/c1-22-13-9-11-15-26(22)30-18-24-17-25-19-31(27-16-12-10-14-23(27)2)33(35(6,7)8)21-29(25)28(24)20-32(30)34(3,4)5;15-14-10-8-13(9-11-14)7-6-12-4-2-1-3-5-12;1-2-4-5-3-1;;;/h9-21H,1-8H3;1-5,8-11H,7H2;1-3H,4H2;2*1H;/q-1;;-1;;;+2. The fraction of sp³-hybridized carbons (Fsp3) is 0.222. The van der Waals surface area contributed by atoms with E-state index in [1.54, 1.807) is 0 Å². The molecule has 7 aromatic rings. The van der Waals surface area contributed by atoms with Crippen LogP contribution >= 0.6 is 36.4 Å². The number of rotatable bonds is 5. The molecule has 0 unspecified atom stereocenters. The number of halogens is 3. The van der Waals surface area contributed by atoms with Crippen LogP contribution in [0.2, 0.25) is 5.02 Å². The van der Waals surface area contributed by atoms with Crippen molar-refractivity contribution in [3.05, 3.63) is 196 Å². The molecule has 58 heavy (non-hydrogen) atoms. The molecule has 1 aliphatic carbocycles. The second-order valence-electron chi connectivity index (χ2n) is 16.9. The Morgan fingerprint density at radius 2 is 1.09 bits per heavy atom. The van der Waals surface area contributed by atoms with Gasteiger partial charge < -0.3 is 0 Å². The molecule has 1 aliphatic rings. The van der Waals surface area contributed by atoms with E-state index in [9.17, 15) is 0 Å². The van der Waals surface area contributed by atoms with E-state index in [1.807, 2.05) is 24.3 Å². The Morgan fingerprint density at radius 3 is 1.48 bits per heavy atom. The molecule has 0 heterocycles. The van der Waals surface area contributed by atoms with Crippen LogP contribution in [0.15, 0.2) is 152 Å². The summed E-state index contributed by atoms with van der Waals surface area (Å²) in [5.41, 5.74) is 13.6. The molecule has 0 fully saturated rings. The summed E-state index contributed by atoms with van der Waals surface area (Å²) in [4.78, 5) is 0. The molecule has 0 aliphatic heterocycles. The van der Waals surface area contributed by atoms with Crippen LogP contribution in [0.4, 0.5) is 0 Å². The van der Waals surface area contributed by atoms with Crippen LogP contribution in [0.5, 0.6) is 0 Å². The van der Waals surface area contributed by atoms with Crippen molar-refractivity contribution in [1.82, 2.24) is 0 Å². The quantitative estimate of drug-likeness (QED) is 0.151. The Labute approximate surface area is 380 Å². The zero-order chi connectivity index (χ0) is 40.0. The van der Waals surface area contributed by atoms with Gasteiger partial charge in [0, 0.05) is 0 Å². The maximum atomic E-state index is 5.86. The van der Waals surface area contributed by atoms with Gasteiger partial charge in [0.15, 0.2) is 0 Å². The molecule has 0 saturated heterocycles. The molecule has 0 nitrogen and oxygen atoms in total. The van der Waals surface area contributed by atoms with Gasteiger partial charge in [-0.1, -0.05) is 102 Å². The molecule has 296 valence electrons. The second-order valence-corrected chi connectivity index (χ2v) is 18.8. The normalized spacial score (nSPS) is 11.9. The predicted molar refractivity (Wildman–Crippen MR) is 257 cm³/mol. The summed E-state index contributed by atoms with van der Waals surface area (Å²) in [5.74, 6) is 0. The summed E-state index contributed by atoms with van der Waals surface area (Å²) in [5, 5.41) is 6.18. The van der Waals surface area contributed by atoms with Crippen molar-refractivity contribution in [2.75, 3.05) is 0 Å². The third-order valence-electron chi connectivity index (χ3n) is 10.5. The SMILES string of the molecule is Cc1ccccc1-c1cc2[cH-]c3cc(-c4ccccc4C)c(C(C)(C)C)cc3c2cc1C(C)(C)C.Cl.Cl.Clc1ccc(C[C](=[Zr+2])c2ccccc2)cc1.[C-]1=CC=CC1. The van der Waals surface area contributed by atoms with Gasteiger partial charge in [0.05, 0.1) is 0 Å². The molecule has 0 radical (unpaired) electrons. The van der Waals surface area contributed by atoms with Gasteiger partial charge in [0.2, 0.25) is 0 Å². The maximum Gasteiger partial charge on any atom is -0.109 e. The fourth-order valence-electron chi connectivity index (χ4n) is 7.43. The number of aryl methyl sites for hydroxylation is 2. The van der Waals surface area contributed by atoms with Crippen molar-refractivity contribution in [3.63, 3.8) is 0 Å². The third kappa shape index (κ3) is 11.5. The second kappa shape index (κ2) is 20.5.